The number of hydrogen-bond donors (Lipinski definition) is 1. The van der Waals surface area contributed by atoms with E-state index in [2.05, 4.69) is 5.32 Å². The fourth-order valence-corrected chi connectivity index (χ4v) is 3.58. The molecule has 0 saturated carbocycles. The van der Waals surface area contributed by atoms with Gasteiger partial charge in [0.15, 0.2) is 0 Å². The highest BCUT2D eigenvalue weighted by Gasteiger charge is 2.14. The van der Waals surface area contributed by atoms with Crippen LogP contribution in [0.1, 0.15) is 18.5 Å². The Morgan fingerprint density at radius 1 is 1.17 bits per heavy atom. The van der Waals surface area contributed by atoms with Gasteiger partial charge in [0.2, 0.25) is 0 Å². The molecule has 6 heteroatoms. The topological polar surface area (TPSA) is 12.0 Å². The fourth-order valence-electron chi connectivity index (χ4n) is 1.57. The summed E-state index contributed by atoms with van der Waals surface area (Å²) in [5.41, 5.74) is 1.72. The molecular formula is C12H9Cl4NS. The zero-order chi connectivity index (χ0) is 13.3. The Hall–Kier alpha value is -0.120. The number of rotatable bonds is 3. The van der Waals surface area contributed by atoms with E-state index in [1.807, 2.05) is 25.1 Å². The number of hydrogen-bond acceptors (Lipinski definition) is 2. The maximum Gasteiger partial charge on any atom is 0.0996 e. The number of halogens is 4. The Morgan fingerprint density at radius 3 is 2.50 bits per heavy atom. The average Bonchev–Trinajstić information content (AvgIpc) is 2.64. The van der Waals surface area contributed by atoms with Crippen molar-refractivity contribution in [2.24, 2.45) is 0 Å². The summed E-state index contributed by atoms with van der Waals surface area (Å²) in [4.78, 5) is 0. The molecule has 0 amide bonds. The van der Waals surface area contributed by atoms with Gasteiger partial charge in [-0.2, -0.15) is 0 Å². The van der Waals surface area contributed by atoms with Gasteiger partial charge in [-0.1, -0.05) is 52.5 Å². The third-order valence-electron chi connectivity index (χ3n) is 2.47. The van der Waals surface area contributed by atoms with Crippen molar-refractivity contribution >= 4 is 63.4 Å². The lowest BCUT2D eigenvalue weighted by atomic mass is 10.1. The average molecular weight is 341 g/mol. The molecule has 0 fully saturated rings. The number of anilines is 1. The smallest absolute Gasteiger partial charge is 0.0996 e. The van der Waals surface area contributed by atoms with Crippen molar-refractivity contribution in [3.05, 3.63) is 48.5 Å². The van der Waals surface area contributed by atoms with Crippen molar-refractivity contribution in [3.8, 4) is 0 Å². The number of thiophene rings is 1. The Kier molecular flexibility index (Phi) is 4.68. The Labute approximate surface area is 130 Å². The lowest BCUT2D eigenvalue weighted by molar-refractivity contribution is 0.891. The predicted octanol–water partition coefficient (Wildman–Crippen LogP) is 6.53. The van der Waals surface area contributed by atoms with Crippen LogP contribution in [0.3, 0.4) is 0 Å². The van der Waals surface area contributed by atoms with E-state index in [1.165, 1.54) is 11.3 Å². The molecule has 1 atom stereocenters. The molecule has 1 aromatic heterocycles. The molecular weight excluding hydrogens is 332 g/mol. The van der Waals surface area contributed by atoms with E-state index in [0.717, 1.165) is 11.3 Å². The second kappa shape index (κ2) is 5.89. The maximum absolute atomic E-state index is 6.12. The third-order valence-corrected chi connectivity index (χ3v) is 4.81. The van der Waals surface area contributed by atoms with Gasteiger partial charge in [0, 0.05) is 5.56 Å². The molecule has 1 N–H and O–H groups in total. The SMILES string of the molecule is CC(Nc1cccc(Cl)c1Cl)c1cc(Cl)sc1Cl. The molecule has 0 saturated heterocycles. The van der Waals surface area contributed by atoms with Gasteiger partial charge in [-0.25, -0.2) is 0 Å². The molecule has 18 heavy (non-hydrogen) atoms. The van der Waals surface area contributed by atoms with Gasteiger partial charge in [-0.05, 0) is 25.1 Å². The fraction of sp³-hybridized carbons (Fsp3) is 0.167. The van der Waals surface area contributed by atoms with E-state index in [4.69, 9.17) is 46.4 Å². The quantitative estimate of drug-likeness (QED) is 0.669. The van der Waals surface area contributed by atoms with Crippen molar-refractivity contribution in [1.82, 2.24) is 0 Å². The van der Waals surface area contributed by atoms with Crippen LogP contribution in [-0.2, 0) is 0 Å². The lowest BCUT2D eigenvalue weighted by Crippen LogP contribution is -2.06. The van der Waals surface area contributed by atoms with Crippen LogP contribution in [0.2, 0.25) is 18.7 Å². The Balaban J connectivity index is 2.24. The van der Waals surface area contributed by atoms with Gasteiger partial charge in [0.05, 0.1) is 30.4 Å². The van der Waals surface area contributed by atoms with Crippen LogP contribution >= 0.6 is 57.7 Å². The predicted molar refractivity (Wildman–Crippen MR) is 82.8 cm³/mol. The van der Waals surface area contributed by atoms with E-state index in [-0.39, 0.29) is 6.04 Å². The second-order valence-electron chi connectivity index (χ2n) is 3.75. The molecule has 0 aliphatic rings. The molecule has 0 bridgehead atoms. The maximum atomic E-state index is 6.12. The highest BCUT2D eigenvalue weighted by Crippen LogP contribution is 2.38. The van der Waals surface area contributed by atoms with Crippen LogP contribution in [0.25, 0.3) is 0 Å². The molecule has 96 valence electrons. The molecule has 1 heterocycles. The van der Waals surface area contributed by atoms with Crippen LogP contribution in [0, 0.1) is 0 Å². The van der Waals surface area contributed by atoms with Gasteiger partial charge >= 0.3 is 0 Å². The molecule has 1 unspecified atom stereocenters. The minimum Gasteiger partial charge on any atom is -0.377 e. The zero-order valence-corrected chi connectivity index (χ0v) is 13.1. The van der Waals surface area contributed by atoms with E-state index in [0.29, 0.717) is 18.7 Å². The molecule has 0 aliphatic carbocycles. The Morgan fingerprint density at radius 2 is 1.89 bits per heavy atom. The van der Waals surface area contributed by atoms with E-state index >= 15 is 0 Å². The second-order valence-corrected chi connectivity index (χ2v) is 6.82. The third kappa shape index (κ3) is 3.06. The van der Waals surface area contributed by atoms with Crippen molar-refractivity contribution in [2.45, 2.75) is 13.0 Å². The first kappa shape index (κ1) is 14.3. The first-order valence-corrected chi connectivity index (χ1v) is 7.47. The number of nitrogens with one attached hydrogen (secondary N) is 1. The molecule has 0 aliphatic heterocycles. The largest absolute Gasteiger partial charge is 0.377 e. The molecule has 0 spiro atoms. The minimum atomic E-state index is -0.00258. The van der Waals surface area contributed by atoms with Crippen LogP contribution < -0.4 is 5.32 Å². The first-order chi connectivity index (χ1) is 8.49. The molecule has 1 aromatic carbocycles. The highest BCUT2D eigenvalue weighted by molar-refractivity contribution is 7.20. The summed E-state index contributed by atoms with van der Waals surface area (Å²) in [6.07, 6.45) is 0. The van der Waals surface area contributed by atoms with Crippen LogP contribution in [0.15, 0.2) is 24.3 Å². The summed E-state index contributed by atoms with van der Waals surface area (Å²) < 4.78 is 1.35. The summed E-state index contributed by atoms with van der Waals surface area (Å²) in [5.74, 6) is 0. The van der Waals surface area contributed by atoms with Crippen LogP contribution in [-0.4, -0.2) is 0 Å². The minimum absolute atomic E-state index is 0.00258. The molecule has 1 nitrogen and oxygen atoms in total. The summed E-state index contributed by atoms with van der Waals surface area (Å²) >= 11 is 25.5. The molecule has 2 aromatic rings. The number of benzene rings is 1. The van der Waals surface area contributed by atoms with Gasteiger partial charge in [-0.15, -0.1) is 11.3 Å². The van der Waals surface area contributed by atoms with Gasteiger partial charge in [0.1, 0.15) is 0 Å². The van der Waals surface area contributed by atoms with Gasteiger partial charge < -0.3 is 5.32 Å². The summed E-state index contributed by atoms with van der Waals surface area (Å²) in [7, 11) is 0. The highest BCUT2D eigenvalue weighted by atomic mass is 35.5. The zero-order valence-electron chi connectivity index (χ0n) is 9.31. The summed E-state index contributed by atoms with van der Waals surface area (Å²) in [6.45, 7) is 1.99. The molecule has 2 rings (SSSR count). The van der Waals surface area contributed by atoms with Crippen molar-refractivity contribution in [3.63, 3.8) is 0 Å². The van der Waals surface area contributed by atoms with E-state index in [1.54, 1.807) is 6.07 Å². The lowest BCUT2D eigenvalue weighted by Gasteiger charge is -2.16. The van der Waals surface area contributed by atoms with E-state index in [9.17, 15) is 0 Å². The van der Waals surface area contributed by atoms with Crippen LogP contribution in [0.5, 0.6) is 0 Å². The van der Waals surface area contributed by atoms with Gasteiger partial charge in [0.25, 0.3) is 0 Å². The van der Waals surface area contributed by atoms with Crippen molar-refractivity contribution in [1.29, 1.82) is 0 Å². The van der Waals surface area contributed by atoms with Gasteiger partial charge in [-0.3, -0.25) is 0 Å². The van der Waals surface area contributed by atoms with E-state index < -0.39 is 0 Å². The Bertz CT molecular complexity index is 567. The first-order valence-electron chi connectivity index (χ1n) is 5.14. The normalized spacial score (nSPS) is 12.5. The summed E-state index contributed by atoms with van der Waals surface area (Å²) in [6, 6.07) is 7.30. The summed E-state index contributed by atoms with van der Waals surface area (Å²) in [5, 5.41) is 4.29. The van der Waals surface area contributed by atoms with Crippen LogP contribution in [0.4, 0.5) is 5.69 Å². The molecule has 0 radical (unpaired) electrons. The standard InChI is InChI=1S/C12H9Cl4NS/c1-6(7-5-10(14)18-12(7)16)17-9-4-2-3-8(13)11(9)15/h2-6,17H,1H3. The van der Waals surface area contributed by atoms with Crippen molar-refractivity contribution in [2.75, 3.05) is 5.32 Å². The van der Waals surface area contributed by atoms with Crippen molar-refractivity contribution < 1.29 is 0 Å². The monoisotopic (exact) mass is 339 g/mol.